The number of hydrogen-bond donors (Lipinski definition) is 1. The zero-order valence-corrected chi connectivity index (χ0v) is 29.8. The van der Waals surface area contributed by atoms with Crippen LogP contribution < -0.4 is 19.9 Å². The summed E-state index contributed by atoms with van der Waals surface area (Å²) in [4.78, 5) is 14.9. The zero-order chi connectivity index (χ0) is 36.4. The summed E-state index contributed by atoms with van der Waals surface area (Å²) in [6.07, 6.45) is 1.46. The molecule has 0 radical (unpaired) electrons. The summed E-state index contributed by atoms with van der Waals surface area (Å²) in [7, 11) is 0. The summed E-state index contributed by atoms with van der Waals surface area (Å²) in [5.74, 6) is 3.18. The molecule has 260 valence electrons. The van der Waals surface area contributed by atoms with Crippen molar-refractivity contribution in [2.24, 2.45) is 9.98 Å². The van der Waals surface area contributed by atoms with Gasteiger partial charge in [-0.1, -0.05) is 116 Å². The van der Waals surface area contributed by atoms with Crippen LogP contribution in [0.3, 0.4) is 0 Å². The summed E-state index contributed by atoms with van der Waals surface area (Å²) in [6, 6.07) is 60.4. The number of amidine groups is 2. The van der Waals surface area contributed by atoms with Gasteiger partial charge in [-0.05, 0) is 96.4 Å². The number of nitrogens with one attached hydrogen (secondary N) is 1. The van der Waals surface area contributed by atoms with Gasteiger partial charge in [0.05, 0.1) is 17.1 Å². The number of para-hydroxylation sites is 6. The van der Waals surface area contributed by atoms with E-state index in [2.05, 4.69) is 144 Å². The van der Waals surface area contributed by atoms with Crippen LogP contribution in [0.5, 0.6) is 11.5 Å². The van der Waals surface area contributed by atoms with Crippen LogP contribution in [0.15, 0.2) is 192 Å². The minimum Gasteiger partial charge on any atom is -0.453 e. The molecule has 9 rings (SSSR count). The summed E-state index contributed by atoms with van der Waals surface area (Å²) in [6.45, 7) is 6.24. The predicted octanol–water partition coefficient (Wildman–Crippen LogP) is 12.2. The molecule has 0 bridgehead atoms. The summed E-state index contributed by atoms with van der Waals surface area (Å²) >= 11 is 0. The van der Waals surface area contributed by atoms with Crippen LogP contribution in [0.1, 0.15) is 34.0 Å². The van der Waals surface area contributed by atoms with Crippen molar-refractivity contribution in [3.05, 3.63) is 210 Å². The molecule has 2 aliphatic rings. The predicted molar refractivity (Wildman–Crippen MR) is 223 cm³/mol. The van der Waals surface area contributed by atoms with Crippen molar-refractivity contribution in [2.75, 3.05) is 9.80 Å². The van der Waals surface area contributed by atoms with Gasteiger partial charge in [-0.3, -0.25) is 0 Å². The number of aryl methyl sites for hydroxylation is 1. The van der Waals surface area contributed by atoms with Crippen LogP contribution in [0.4, 0.5) is 34.1 Å². The highest BCUT2D eigenvalue weighted by atomic mass is 16.5. The largest absolute Gasteiger partial charge is 0.453 e. The van der Waals surface area contributed by atoms with Crippen LogP contribution in [-0.2, 0) is 0 Å². The van der Waals surface area contributed by atoms with Gasteiger partial charge in [0.1, 0.15) is 11.7 Å². The molecule has 0 saturated carbocycles. The van der Waals surface area contributed by atoms with Crippen molar-refractivity contribution in [1.29, 1.82) is 0 Å². The van der Waals surface area contributed by atoms with E-state index in [9.17, 15) is 0 Å². The summed E-state index contributed by atoms with van der Waals surface area (Å²) in [5, 5.41) is 3.56. The number of anilines is 6. The second-order valence-corrected chi connectivity index (χ2v) is 13.2. The van der Waals surface area contributed by atoms with Crippen LogP contribution >= 0.6 is 0 Å². The van der Waals surface area contributed by atoms with Crippen molar-refractivity contribution < 1.29 is 4.74 Å². The maximum atomic E-state index is 6.25. The van der Waals surface area contributed by atoms with Crippen LogP contribution in [-0.4, -0.2) is 11.7 Å². The topological polar surface area (TPSA) is 52.5 Å². The molecular weight excluding hydrogens is 663 g/mol. The molecule has 0 amide bonds. The molecule has 2 aliphatic heterocycles. The third-order valence-electron chi connectivity index (χ3n) is 9.82. The lowest BCUT2D eigenvalue weighted by molar-refractivity contribution is 0.477. The van der Waals surface area contributed by atoms with E-state index in [0.29, 0.717) is 0 Å². The monoisotopic (exact) mass is 699 g/mol. The number of benzene rings is 7. The molecular formula is C48H37N5O. The fourth-order valence-corrected chi connectivity index (χ4v) is 7.12. The van der Waals surface area contributed by atoms with Gasteiger partial charge in [0, 0.05) is 28.2 Å². The third kappa shape index (κ3) is 6.10. The van der Waals surface area contributed by atoms with E-state index in [1.165, 1.54) is 5.56 Å². The van der Waals surface area contributed by atoms with Gasteiger partial charge >= 0.3 is 0 Å². The van der Waals surface area contributed by atoms with Crippen molar-refractivity contribution in [3.8, 4) is 11.5 Å². The molecule has 1 N–H and O–H groups in total. The Bertz CT molecular complexity index is 2500. The molecule has 0 spiro atoms. The van der Waals surface area contributed by atoms with Crippen LogP contribution in [0, 0.1) is 6.92 Å². The highest BCUT2D eigenvalue weighted by Crippen LogP contribution is 2.50. The first-order valence-electron chi connectivity index (χ1n) is 18.1. The Hall–Kier alpha value is -7.18. The van der Waals surface area contributed by atoms with E-state index < -0.39 is 6.17 Å². The molecule has 2 heterocycles. The zero-order valence-electron chi connectivity index (χ0n) is 29.8. The molecule has 6 heteroatoms. The Morgan fingerprint density at radius 2 is 1.15 bits per heavy atom. The maximum absolute atomic E-state index is 6.25. The molecule has 0 aromatic heterocycles. The van der Waals surface area contributed by atoms with Crippen LogP contribution in [0.2, 0.25) is 0 Å². The SMILES string of the molecule is C=Cc1ccccc1N(c1ccc(C2N=C(c3ccccc3)NC(c3ccc(N4c5ccccc5Oc5ccccc54)cc3)=N2)cc1)c1ccccc1C. The molecule has 7 aromatic rings. The number of aliphatic imine (C=N–C) groups is 2. The molecule has 0 aliphatic carbocycles. The lowest BCUT2D eigenvalue weighted by Gasteiger charge is -2.32. The second-order valence-electron chi connectivity index (χ2n) is 13.2. The highest BCUT2D eigenvalue weighted by molar-refractivity contribution is 6.16. The standard InChI is InChI=1S/C48H37N5O/c1-3-34-16-8-10-20-41(34)52(40-19-9-7-15-33(40)2)38-29-25-36(26-30-38)47-49-46(35-17-5-4-6-18-35)50-48(51-47)37-27-31-39(32-28-37)53-42-21-11-13-23-44(42)54-45-24-14-12-22-43(45)53/h3-32,47H,1H2,2H3,(H,49,50,51). The first-order valence-corrected chi connectivity index (χ1v) is 18.1. The van der Waals surface area contributed by atoms with E-state index in [1.54, 1.807) is 0 Å². The van der Waals surface area contributed by atoms with E-state index >= 15 is 0 Å². The molecule has 0 fully saturated rings. The molecule has 1 unspecified atom stereocenters. The number of nitrogens with zero attached hydrogens (tertiary/aromatic N) is 4. The quantitative estimate of drug-likeness (QED) is 0.172. The maximum Gasteiger partial charge on any atom is 0.169 e. The minimum atomic E-state index is -0.449. The molecule has 1 atom stereocenters. The number of ether oxygens (including phenoxy) is 1. The summed E-state index contributed by atoms with van der Waals surface area (Å²) < 4.78 is 6.25. The van der Waals surface area contributed by atoms with E-state index in [-0.39, 0.29) is 0 Å². The average Bonchev–Trinajstić information content (AvgIpc) is 3.24. The molecule has 54 heavy (non-hydrogen) atoms. The third-order valence-corrected chi connectivity index (χ3v) is 9.82. The van der Waals surface area contributed by atoms with E-state index in [1.807, 2.05) is 66.7 Å². The molecule has 0 saturated heterocycles. The average molecular weight is 700 g/mol. The van der Waals surface area contributed by atoms with Gasteiger partial charge in [-0.15, -0.1) is 0 Å². The van der Waals surface area contributed by atoms with Gasteiger partial charge in [0.15, 0.2) is 17.7 Å². The van der Waals surface area contributed by atoms with Gasteiger partial charge in [-0.25, -0.2) is 9.98 Å². The fraction of sp³-hybridized carbons (Fsp3) is 0.0417. The van der Waals surface area contributed by atoms with Crippen LogP contribution in [0.25, 0.3) is 6.08 Å². The lowest BCUT2D eigenvalue weighted by atomic mass is 10.1. The van der Waals surface area contributed by atoms with Gasteiger partial charge in [0.25, 0.3) is 0 Å². The van der Waals surface area contributed by atoms with Gasteiger partial charge < -0.3 is 19.9 Å². The Morgan fingerprint density at radius 1 is 0.593 bits per heavy atom. The Balaban J connectivity index is 1.08. The Labute approximate surface area is 315 Å². The first kappa shape index (κ1) is 32.7. The lowest BCUT2D eigenvalue weighted by Crippen LogP contribution is -2.36. The van der Waals surface area contributed by atoms with Crippen molar-refractivity contribution in [3.63, 3.8) is 0 Å². The first-order chi connectivity index (χ1) is 26.6. The van der Waals surface area contributed by atoms with Crippen molar-refractivity contribution >= 4 is 51.9 Å². The fourth-order valence-electron chi connectivity index (χ4n) is 7.12. The minimum absolute atomic E-state index is 0.449. The summed E-state index contributed by atoms with van der Waals surface area (Å²) in [5.41, 5.74) is 11.4. The highest BCUT2D eigenvalue weighted by Gasteiger charge is 2.26. The van der Waals surface area contributed by atoms with Crippen molar-refractivity contribution in [2.45, 2.75) is 13.1 Å². The van der Waals surface area contributed by atoms with Gasteiger partial charge in [0.2, 0.25) is 0 Å². The smallest absolute Gasteiger partial charge is 0.169 e. The Kier molecular flexibility index (Phi) is 8.54. The Morgan fingerprint density at radius 3 is 1.80 bits per heavy atom. The van der Waals surface area contributed by atoms with E-state index in [0.717, 1.165) is 79.5 Å². The normalized spacial score (nSPS) is 14.4. The van der Waals surface area contributed by atoms with E-state index in [4.69, 9.17) is 14.7 Å². The number of hydrogen-bond acceptors (Lipinski definition) is 6. The van der Waals surface area contributed by atoms with Gasteiger partial charge in [-0.2, -0.15) is 0 Å². The number of rotatable bonds is 8. The van der Waals surface area contributed by atoms with Crippen molar-refractivity contribution in [1.82, 2.24) is 5.32 Å². The number of fused-ring (bicyclic) bond motifs is 2. The molecule has 7 aromatic carbocycles. The molecule has 6 nitrogen and oxygen atoms in total. The second kappa shape index (κ2) is 14.1.